The van der Waals surface area contributed by atoms with Crippen LogP contribution in [-0.4, -0.2) is 15.0 Å². The minimum atomic E-state index is 0.305. The van der Waals surface area contributed by atoms with Crippen LogP contribution in [0.2, 0.25) is 0 Å². The van der Waals surface area contributed by atoms with Gasteiger partial charge in [0.05, 0.1) is 6.54 Å². The van der Waals surface area contributed by atoms with Gasteiger partial charge in [0, 0.05) is 23.5 Å². The van der Waals surface area contributed by atoms with Crippen molar-refractivity contribution in [1.29, 1.82) is 5.26 Å². The van der Waals surface area contributed by atoms with Crippen molar-refractivity contribution < 1.29 is 0 Å². The van der Waals surface area contributed by atoms with E-state index in [-0.39, 0.29) is 0 Å². The monoisotopic (exact) mass is 245 g/mol. The fourth-order valence-electron chi connectivity index (χ4n) is 1.30. The molecule has 0 bridgehead atoms. The molecule has 5 nitrogen and oxygen atoms in total. The van der Waals surface area contributed by atoms with Gasteiger partial charge in [0.25, 0.3) is 0 Å². The molecule has 6 heteroatoms. The summed E-state index contributed by atoms with van der Waals surface area (Å²) in [5.74, 6) is 0.503. The van der Waals surface area contributed by atoms with Gasteiger partial charge in [-0.15, -0.1) is 11.3 Å². The summed E-state index contributed by atoms with van der Waals surface area (Å²) in [6, 6.07) is 2.00. The largest absolute Gasteiger partial charge is 0.361 e. The van der Waals surface area contributed by atoms with Gasteiger partial charge in [0.1, 0.15) is 11.1 Å². The summed E-state index contributed by atoms with van der Waals surface area (Å²) >= 11 is 1.66. The number of rotatable bonds is 4. The van der Waals surface area contributed by atoms with Crippen LogP contribution in [0.4, 0.5) is 5.82 Å². The van der Waals surface area contributed by atoms with Gasteiger partial charge in [0.15, 0.2) is 11.5 Å². The molecule has 2 heterocycles. The van der Waals surface area contributed by atoms with Crippen molar-refractivity contribution in [3.05, 3.63) is 34.2 Å². The van der Waals surface area contributed by atoms with Crippen LogP contribution >= 0.6 is 11.3 Å². The van der Waals surface area contributed by atoms with Crippen molar-refractivity contribution in [1.82, 2.24) is 15.0 Å². The summed E-state index contributed by atoms with van der Waals surface area (Å²) in [5, 5.41) is 12.9. The van der Waals surface area contributed by atoms with Gasteiger partial charge in [0.2, 0.25) is 0 Å². The maximum absolute atomic E-state index is 8.85. The molecular formula is C11H11N5S. The van der Waals surface area contributed by atoms with E-state index >= 15 is 0 Å². The predicted octanol–water partition coefficient (Wildman–Crippen LogP) is 1.98. The normalized spacial score (nSPS) is 9.88. The smallest absolute Gasteiger partial charge is 0.182 e. The van der Waals surface area contributed by atoms with Crippen LogP contribution in [-0.2, 0) is 13.0 Å². The van der Waals surface area contributed by atoms with Gasteiger partial charge < -0.3 is 5.32 Å². The Labute approximate surface area is 103 Å². The summed E-state index contributed by atoms with van der Waals surface area (Å²) in [6.45, 7) is 2.67. The molecule has 86 valence electrons. The van der Waals surface area contributed by atoms with Crippen LogP contribution in [0, 0.1) is 11.3 Å². The van der Waals surface area contributed by atoms with Crippen molar-refractivity contribution in [3.63, 3.8) is 0 Å². The molecule has 0 unspecified atom stereocenters. The average molecular weight is 245 g/mol. The molecule has 0 saturated heterocycles. The molecule has 17 heavy (non-hydrogen) atoms. The van der Waals surface area contributed by atoms with E-state index in [1.165, 1.54) is 11.1 Å². The van der Waals surface area contributed by atoms with E-state index in [0.717, 1.165) is 11.4 Å². The van der Waals surface area contributed by atoms with Crippen molar-refractivity contribution >= 4 is 17.2 Å². The fraction of sp³-hybridized carbons (Fsp3) is 0.273. The Hall–Kier alpha value is -2.00. The number of aromatic nitrogens is 3. The molecular weight excluding hydrogens is 234 g/mol. The number of nitrogens with zero attached hydrogens (tertiary/aromatic N) is 4. The van der Waals surface area contributed by atoms with E-state index in [0.29, 0.717) is 18.1 Å². The van der Waals surface area contributed by atoms with E-state index in [2.05, 4.69) is 27.2 Å². The summed E-state index contributed by atoms with van der Waals surface area (Å²) in [4.78, 5) is 13.5. The molecule has 0 aromatic carbocycles. The van der Waals surface area contributed by atoms with E-state index in [1.54, 1.807) is 17.5 Å². The third kappa shape index (κ3) is 2.77. The molecule has 0 spiro atoms. The summed E-state index contributed by atoms with van der Waals surface area (Å²) in [6.07, 6.45) is 5.93. The summed E-state index contributed by atoms with van der Waals surface area (Å²) in [7, 11) is 0. The molecule has 0 fully saturated rings. The van der Waals surface area contributed by atoms with Gasteiger partial charge in [-0.3, -0.25) is 0 Å². The molecule has 0 aliphatic heterocycles. The molecule has 1 N–H and O–H groups in total. The first-order chi connectivity index (χ1) is 8.33. The lowest BCUT2D eigenvalue weighted by Crippen LogP contribution is -2.03. The summed E-state index contributed by atoms with van der Waals surface area (Å²) < 4.78 is 0. The standard InChI is InChI=1S/C11H11N5S/c1-2-8-6-15-10(17-8)7-16-11-9(5-12)13-3-4-14-11/h3-4,6H,2,7H2,1H3,(H,14,16). The van der Waals surface area contributed by atoms with Gasteiger partial charge >= 0.3 is 0 Å². The van der Waals surface area contributed by atoms with E-state index in [9.17, 15) is 0 Å². The van der Waals surface area contributed by atoms with Crippen LogP contribution in [0.5, 0.6) is 0 Å². The number of hydrogen-bond acceptors (Lipinski definition) is 6. The van der Waals surface area contributed by atoms with Gasteiger partial charge in [-0.25, -0.2) is 15.0 Å². The van der Waals surface area contributed by atoms with Crippen LogP contribution < -0.4 is 5.32 Å². The zero-order chi connectivity index (χ0) is 12.1. The fourth-order valence-corrected chi connectivity index (χ4v) is 2.10. The number of nitrogens with one attached hydrogen (secondary N) is 1. The molecule has 0 amide bonds. The maximum atomic E-state index is 8.85. The SMILES string of the molecule is CCc1cnc(CNc2nccnc2C#N)s1. The molecule has 0 aliphatic rings. The highest BCUT2D eigenvalue weighted by Crippen LogP contribution is 2.15. The first-order valence-corrected chi connectivity index (χ1v) is 6.03. The average Bonchev–Trinajstić information content (AvgIpc) is 2.84. The highest BCUT2D eigenvalue weighted by Gasteiger charge is 2.05. The first-order valence-electron chi connectivity index (χ1n) is 5.22. The quantitative estimate of drug-likeness (QED) is 0.891. The lowest BCUT2D eigenvalue weighted by atomic mass is 10.4. The maximum Gasteiger partial charge on any atom is 0.182 e. The van der Waals surface area contributed by atoms with Crippen molar-refractivity contribution in [2.24, 2.45) is 0 Å². The Morgan fingerprint density at radius 1 is 1.35 bits per heavy atom. The Balaban J connectivity index is 2.05. The number of aryl methyl sites for hydroxylation is 1. The van der Waals surface area contributed by atoms with Crippen molar-refractivity contribution in [2.45, 2.75) is 19.9 Å². The second-order valence-electron chi connectivity index (χ2n) is 3.29. The topological polar surface area (TPSA) is 74.5 Å². The lowest BCUT2D eigenvalue weighted by Gasteiger charge is -2.03. The molecule has 2 aromatic rings. The Morgan fingerprint density at radius 3 is 2.88 bits per heavy atom. The number of hydrogen-bond donors (Lipinski definition) is 1. The first kappa shape index (κ1) is 11.5. The Kier molecular flexibility index (Phi) is 3.62. The lowest BCUT2D eigenvalue weighted by molar-refractivity contribution is 1.05. The van der Waals surface area contributed by atoms with Gasteiger partial charge in [-0.05, 0) is 6.42 Å². The van der Waals surface area contributed by atoms with Crippen molar-refractivity contribution in [2.75, 3.05) is 5.32 Å². The second-order valence-corrected chi connectivity index (χ2v) is 4.49. The third-order valence-corrected chi connectivity index (χ3v) is 3.30. The van der Waals surface area contributed by atoms with Crippen LogP contribution in [0.1, 0.15) is 22.5 Å². The third-order valence-electron chi connectivity index (χ3n) is 2.16. The number of nitriles is 1. The molecule has 2 rings (SSSR count). The zero-order valence-electron chi connectivity index (χ0n) is 9.34. The van der Waals surface area contributed by atoms with Crippen LogP contribution in [0.3, 0.4) is 0 Å². The molecule has 0 saturated carbocycles. The molecule has 2 aromatic heterocycles. The number of thiazole rings is 1. The number of anilines is 1. The van der Waals surface area contributed by atoms with E-state index in [1.807, 2.05) is 12.3 Å². The molecule has 0 atom stereocenters. The summed E-state index contributed by atoms with van der Waals surface area (Å²) in [5.41, 5.74) is 0.305. The van der Waals surface area contributed by atoms with Gasteiger partial charge in [-0.2, -0.15) is 5.26 Å². The van der Waals surface area contributed by atoms with Crippen LogP contribution in [0.25, 0.3) is 0 Å². The molecule has 0 radical (unpaired) electrons. The van der Waals surface area contributed by atoms with E-state index < -0.39 is 0 Å². The highest BCUT2D eigenvalue weighted by molar-refractivity contribution is 7.11. The zero-order valence-corrected chi connectivity index (χ0v) is 10.2. The molecule has 0 aliphatic carbocycles. The van der Waals surface area contributed by atoms with Gasteiger partial charge in [-0.1, -0.05) is 6.92 Å². The highest BCUT2D eigenvalue weighted by atomic mass is 32.1. The second kappa shape index (κ2) is 5.37. The minimum absolute atomic E-state index is 0.305. The van der Waals surface area contributed by atoms with Crippen LogP contribution in [0.15, 0.2) is 18.6 Å². The van der Waals surface area contributed by atoms with Crippen molar-refractivity contribution in [3.8, 4) is 6.07 Å². The predicted molar refractivity (Wildman–Crippen MR) is 65.6 cm³/mol. The Morgan fingerprint density at radius 2 is 2.18 bits per heavy atom. The Bertz CT molecular complexity index is 543. The minimum Gasteiger partial charge on any atom is -0.361 e. The van der Waals surface area contributed by atoms with E-state index in [4.69, 9.17) is 5.26 Å².